The average molecular weight is 390 g/mol. The monoisotopic (exact) mass is 390 g/mol. The van der Waals surface area contributed by atoms with Crippen LogP contribution < -0.4 is 15.4 Å². The molecule has 0 bridgehead atoms. The molecule has 2 aromatic rings. The fourth-order valence-corrected chi connectivity index (χ4v) is 3.04. The highest BCUT2D eigenvalue weighted by molar-refractivity contribution is 5.89. The van der Waals surface area contributed by atoms with E-state index in [0.29, 0.717) is 11.6 Å². The average Bonchev–Trinajstić information content (AvgIpc) is 3.22. The quantitative estimate of drug-likeness (QED) is 0.669. The van der Waals surface area contributed by atoms with Gasteiger partial charge in [0.15, 0.2) is 12.4 Å². The Hall–Kier alpha value is -2.97. The number of hydrogen-bond donors (Lipinski definition) is 2. The zero-order chi connectivity index (χ0) is 19.8. The van der Waals surface area contributed by atoms with E-state index in [1.807, 2.05) is 0 Å². The predicted molar refractivity (Wildman–Crippen MR) is 97.4 cm³/mol. The molecule has 150 valence electrons. The minimum atomic E-state index is -0.466. The highest BCUT2D eigenvalue weighted by atomic mass is 19.1. The third kappa shape index (κ3) is 5.77. The molecule has 1 saturated carbocycles. The van der Waals surface area contributed by atoms with Crippen LogP contribution in [0.4, 0.5) is 4.39 Å². The number of halogens is 1. The summed E-state index contributed by atoms with van der Waals surface area (Å²) in [4.78, 5) is 28.0. The van der Waals surface area contributed by atoms with E-state index in [1.54, 1.807) is 0 Å². The molecule has 3 rings (SSSR count). The summed E-state index contributed by atoms with van der Waals surface area (Å²) in [6.07, 6.45) is 5.55. The summed E-state index contributed by atoms with van der Waals surface area (Å²) < 4.78 is 23.1. The maximum atomic E-state index is 12.8. The molecule has 1 aromatic carbocycles. The zero-order valence-corrected chi connectivity index (χ0v) is 15.4. The van der Waals surface area contributed by atoms with E-state index in [4.69, 9.17) is 9.26 Å². The van der Waals surface area contributed by atoms with Crippen molar-refractivity contribution in [2.75, 3.05) is 19.7 Å². The lowest BCUT2D eigenvalue weighted by Crippen LogP contribution is -2.36. The number of carbonyl (C=O) groups excluding carboxylic acids is 2. The summed E-state index contributed by atoms with van der Waals surface area (Å²) in [5, 5.41) is 9.15. The summed E-state index contributed by atoms with van der Waals surface area (Å²) in [6, 6.07) is 5.38. The van der Waals surface area contributed by atoms with Crippen LogP contribution in [-0.2, 0) is 4.79 Å². The second kappa shape index (κ2) is 9.82. The smallest absolute Gasteiger partial charge is 0.315 e. The van der Waals surface area contributed by atoms with Crippen LogP contribution in [0.15, 0.2) is 28.8 Å². The lowest BCUT2D eigenvalue weighted by atomic mass is 9.89. The molecule has 1 aliphatic rings. The molecule has 8 nitrogen and oxygen atoms in total. The van der Waals surface area contributed by atoms with Crippen LogP contribution in [0.25, 0.3) is 0 Å². The number of ether oxygens (including phenoxy) is 1. The van der Waals surface area contributed by atoms with E-state index in [-0.39, 0.29) is 43.2 Å². The summed E-state index contributed by atoms with van der Waals surface area (Å²) in [7, 11) is 0. The number of hydrogen-bond acceptors (Lipinski definition) is 6. The first-order chi connectivity index (χ1) is 13.6. The number of aromatic nitrogens is 2. The molecule has 1 heterocycles. The van der Waals surface area contributed by atoms with Crippen molar-refractivity contribution < 1.29 is 23.2 Å². The Morgan fingerprint density at radius 2 is 1.82 bits per heavy atom. The molecule has 1 aromatic heterocycles. The minimum Gasteiger partial charge on any atom is -0.484 e. The van der Waals surface area contributed by atoms with Crippen molar-refractivity contribution >= 4 is 11.8 Å². The van der Waals surface area contributed by atoms with Crippen LogP contribution in [-0.4, -0.2) is 41.7 Å². The third-order valence-corrected chi connectivity index (χ3v) is 4.52. The highest BCUT2D eigenvalue weighted by Crippen LogP contribution is 2.30. The van der Waals surface area contributed by atoms with E-state index < -0.39 is 5.91 Å². The molecule has 2 N–H and O–H groups in total. The van der Waals surface area contributed by atoms with Gasteiger partial charge in [0.25, 0.3) is 5.91 Å². The van der Waals surface area contributed by atoms with Crippen molar-refractivity contribution in [3.05, 3.63) is 41.8 Å². The normalized spacial score (nSPS) is 14.5. The zero-order valence-electron chi connectivity index (χ0n) is 15.4. The molecule has 0 saturated heterocycles. The van der Waals surface area contributed by atoms with Gasteiger partial charge in [0.1, 0.15) is 11.6 Å². The Balaban J connectivity index is 1.33. The molecule has 1 aliphatic carbocycles. The van der Waals surface area contributed by atoms with Crippen LogP contribution in [0.3, 0.4) is 0 Å². The second-order valence-corrected chi connectivity index (χ2v) is 6.64. The van der Waals surface area contributed by atoms with Crippen LogP contribution in [0, 0.1) is 5.82 Å². The molecule has 2 amide bonds. The van der Waals surface area contributed by atoms with Gasteiger partial charge in [-0.25, -0.2) is 4.39 Å². The summed E-state index contributed by atoms with van der Waals surface area (Å²) in [5.74, 6) is -0.000860. The highest BCUT2D eigenvalue weighted by Gasteiger charge is 2.23. The number of rotatable bonds is 8. The van der Waals surface area contributed by atoms with Crippen molar-refractivity contribution in [1.82, 2.24) is 20.8 Å². The van der Waals surface area contributed by atoms with Gasteiger partial charge >= 0.3 is 11.8 Å². The Morgan fingerprint density at radius 3 is 2.57 bits per heavy atom. The van der Waals surface area contributed by atoms with Crippen LogP contribution >= 0.6 is 0 Å². The first kappa shape index (κ1) is 19.8. The van der Waals surface area contributed by atoms with E-state index >= 15 is 0 Å². The van der Waals surface area contributed by atoms with Crippen LogP contribution in [0.2, 0.25) is 0 Å². The van der Waals surface area contributed by atoms with Crippen molar-refractivity contribution in [3.8, 4) is 5.75 Å². The molecule has 0 atom stereocenters. The summed E-state index contributed by atoms with van der Waals surface area (Å²) >= 11 is 0. The predicted octanol–water partition coefficient (Wildman–Crippen LogP) is 2.18. The molecule has 0 aliphatic heterocycles. The Kier molecular flexibility index (Phi) is 6.94. The number of nitrogens with zero attached hydrogens (tertiary/aromatic N) is 2. The molecule has 1 fully saturated rings. The number of benzene rings is 1. The van der Waals surface area contributed by atoms with Crippen molar-refractivity contribution in [2.45, 2.75) is 38.0 Å². The molecule has 0 unspecified atom stereocenters. The lowest BCUT2D eigenvalue weighted by molar-refractivity contribution is -0.123. The number of nitrogens with one attached hydrogen (secondary N) is 2. The molecular weight excluding hydrogens is 367 g/mol. The van der Waals surface area contributed by atoms with Gasteiger partial charge in [0.2, 0.25) is 0 Å². The Bertz CT molecular complexity index is 787. The van der Waals surface area contributed by atoms with Crippen LogP contribution in [0.5, 0.6) is 5.75 Å². The molecule has 0 radical (unpaired) electrons. The van der Waals surface area contributed by atoms with Gasteiger partial charge in [-0.15, -0.1) is 0 Å². The maximum absolute atomic E-state index is 12.8. The maximum Gasteiger partial charge on any atom is 0.315 e. The standard InChI is InChI=1S/C19H23FN4O4/c20-14-6-8-15(9-7-14)27-12-16(25)21-10-11-22-18(26)19-23-17(24-28-19)13-4-2-1-3-5-13/h6-9,13H,1-5,10-12H2,(H,21,25)(H,22,26). The van der Waals surface area contributed by atoms with Gasteiger partial charge in [0, 0.05) is 19.0 Å². The number of carbonyl (C=O) groups is 2. The Morgan fingerprint density at radius 1 is 1.11 bits per heavy atom. The SMILES string of the molecule is O=C(COc1ccc(F)cc1)NCCNC(=O)c1nc(C2CCCCC2)no1. The minimum absolute atomic E-state index is 0.0634. The fraction of sp³-hybridized carbons (Fsp3) is 0.474. The lowest BCUT2D eigenvalue weighted by Gasteiger charge is -2.17. The number of amides is 2. The van der Waals surface area contributed by atoms with Gasteiger partial charge in [-0.3, -0.25) is 9.59 Å². The van der Waals surface area contributed by atoms with Crippen molar-refractivity contribution in [3.63, 3.8) is 0 Å². The van der Waals surface area contributed by atoms with Crippen LogP contribution in [0.1, 0.15) is 54.5 Å². The van der Waals surface area contributed by atoms with Gasteiger partial charge < -0.3 is 19.9 Å². The van der Waals surface area contributed by atoms with Crippen molar-refractivity contribution in [1.29, 1.82) is 0 Å². The topological polar surface area (TPSA) is 106 Å². The van der Waals surface area contributed by atoms with Gasteiger partial charge in [-0.1, -0.05) is 24.4 Å². The van der Waals surface area contributed by atoms with Crippen molar-refractivity contribution in [2.24, 2.45) is 0 Å². The first-order valence-electron chi connectivity index (χ1n) is 9.38. The molecule has 9 heteroatoms. The van der Waals surface area contributed by atoms with E-state index in [0.717, 1.165) is 25.7 Å². The molecule has 28 heavy (non-hydrogen) atoms. The fourth-order valence-electron chi connectivity index (χ4n) is 3.04. The van der Waals surface area contributed by atoms with Gasteiger partial charge in [-0.2, -0.15) is 4.98 Å². The first-order valence-corrected chi connectivity index (χ1v) is 9.38. The van der Waals surface area contributed by atoms with Gasteiger partial charge in [-0.05, 0) is 37.1 Å². The van der Waals surface area contributed by atoms with E-state index in [1.165, 1.54) is 30.7 Å². The molecule has 0 spiro atoms. The Labute approximate surface area is 161 Å². The van der Waals surface area contributed by atoms with E-state index in [9.17, 15) is 14.0 Å². The van der Waals surface area contributed by atoms with E-state index in [2.05, 4.69) is 20.8 Å². The molecular formula is C19H23FN4O4. The summed E-state index contributed by atoms with van der Waals surface area (Å²) in [6.45, 7) is 0.233. The third-order valence-electron chi connectivity index (χ3n) is 4.52. The largest absolute Gasteiger partial charge is 0.484 e. The van der Waals surface area contributed by atoms with Gasteiger partial charge in [0.05, 0.1) is 0 Å². The summed E-state index contributed by atoms with van der Waals surface area (Å²) in [5.41, 5.74) is 0. The second-order valence-electron chi connectivity index (χ2n) is 6.64.